The van der Waals surface area contributed by atoms with Crippen LogP contribution in [0.15, 0.2) is 23.3 Å². The van der Waals surface area contributed by atoms with Gasteiger partial charge in [0.2, 0.25) is 0 Å². The minimum atomic E-state index is -0.204. The second-order valence-corrected chi connectivity index (χ2v) is 5.88. The number of hydrogen-bond acceptors (Lipinski definition) is 2. The summed E-state index contributed by atoms with van der Waals surface area (Å²) in [6.45, 7) is 6.33. The summed E-state index contributed by atoms with van der Waals surface area (Å²) < 4.78 is 2.13. The van der Waals surface area contributed by atoms with Gasteiger partial charge in [0, 0.05) is 30.1 Å². The summed E-state index contributed by atoms with van der Waals surface area (Å²) in [7, 11) is 0. The van der Waals surface area contributed by atoms with Crippen LogP contribution >= 0.6 is 0 Å². The van der Waals surface area contributed by atoms with E-state index in [0.29, 0.717) is 17.9 Å². The van der Waals surface area contributed by atoms with E-state index in [4.69, 9.17) is 0 Å². The molecule has 1 aromatic heterocycles. The largest absolute Gasteiger partial charge is 0.393 e. The lowest BCUT2D eigenvalue weighted by Crippen LogP contribution is -2.33. The second kappa shape index (κ2) is 5.27. The molecule has 1 aromatic rings. The number of aromatic nitrogens is 1. The molecular weight excluding hydrogens is 226 g/mol. The maximum atomic E-state index is 11.5. The third kappa shape index (κ3) is 2.66. The maximum absolute atomic E-state index is 11.5. The first kappa shape index (κ1) is 13.3. The number of pyridine rings is 1. The molecule has 3 nitrogen and oxygen atoms in total. The molecule has 100 valence electrons. The topological polar surface area (TPSA) is 42.2 Å². The lowest BCUT2D eigenvalue weighted by molar-refractivity contribution is 0.0566. The van der Waals surface area contributed by atoms with E-state index in [1.807, 2.05) is 19.3 Å². The van der Waals surface area contributed by atoms with Crippen LogP contribution in [0.2, 0.25) is 0 Å². The van der Waals surface area contributed by atoms with Crippen molar-refractivity contribution >= 4 is 0 Å². The highest BCUT2D eigenvalue weighted by Crippen LogP contribution is 2.38. The van der Waals surface area contributed by atoms with E-state index in [-0.39, 0.29) is 11.5 Å². The predicted octanol–water partition coefficient (Wildman–Crippen LogP) is 2.51. The molecule has 2 rings (SSSR count). The smallest absolute Gasteiger partial charge is 0.184 e. The van der Waals surface area contributed by atoms with Crippen molar-refractivity contribution in [1.82, 2.24) is 4.57 Å². The summed E-state index contributed by atoms with van der Waals surface area (Å²) in [5, 5.41) is 9.89. The van der Waals surface area contributed by atoms with Crippen LogP contribution in [0.4, 0.5) is 0 Å². The molecular formula is C15H23NO2. The van der Waals surface area contributed by atoms with Crippen LogP contribution in [0.5, 0.6) is 0 Å². The van der Waals surface area contributed by atoms with Crippen molar-refractivity contribution in [2.75, 3.05) is 0 Å². The monoisotopic (exact) mass is 249 g/mol. The van der Waals surface area contributed by atoms with Crippen molar-refractivity contribution < 1.29 is 5.11 Å². The Balaban J connectivity index is 2.31. The number of aliphatic hydroxyl groups is 1. The number of aryl methyl sites for hydroxylation is 1. The van der Waals surface area contributed by atoms with Gasteiger partial charge in [-0.05, 0) is 38.0 Å². The van der Waals surface area contributed by atoms with E-state index >= 15 is 0 Å². The van der Waals surface area contributed by atoms with E-state index in [9.17, 15) is 9.90 Å². The molecule has 1 aliphatic carbocycles. The van der Waals surface area contributed by atoms with Gasteiger partial charge in [0.1, 0.15) is 0 Å². The highest BCUT2D eigenvalue weighted by molar-refractivity contribution is 5.09. The highest BCUT2D eigenvalue weighted by atomic mass is 16.3. The van der Waals surface area contributed by atoms with Crippen molar-refractivity contribution in [3.05, 3.63) is 34.2 Å². The second-order valence-electron chi connectivity index (χ2n) is 5.88. The summed E-state index contributed by atoms with van der Waals surface area (Å²) >= 11 is 0. The van der Waals surface area contributed by atoms with Crippen LogP contribution in [0.3, 0.4) is 0 Å². The van der Waals surface area contributed by atoms with Gasteiger partial charge in [-0.2, -0.15) is 0 Å². The van der Waals surface area contributed by atoms with Gasteiger partial charge in [-0.25, -0.2) is 0 Å². The fraction of sp³-hybridized carbons (Fsp3) is 0.667. The van der Waals surface area contributed by atoms with E-state index < -0.39 is 0 Å². The lowest BCUT2D eigenvalue weighted by Gasteiger charge is -2.38. The van der Waals surface area contributed by atoms with Crippen molar-refractivity contribution in [1.29, 1.82) is 0 Å². The zero-order valence-corrected chi connectivity index (χ0v) is 11.5. The van der Waals surface area contributed by atoms with Crippen LogP contribution < -0.4 is 5.43 Å². The Morgan fingerprint density at radius 2 is 2.11 bits per heavy atom. The number of rotatable bonds is 2. The predicted molar refractivity (Wildman–Crippen MR) is 72.7 cm³/mol. The molecule has 1 heterocycles. The average Bonchev–Trinajstić information content (AvgIpc) is 2.32. The van der Waals surface area contributed by atoms with Gasteiger partial charge in [-0.3, -0.25) is 4.79 Å². The fourth-order valence-corrected chi connectivity index (χ4v) is 3.09. The Bertz CT molecular complexity index is 464. The van der Waals surface area contributed by atoms with Crippen LogP contribution in [0, 0.1) is 18.8 Å². The standard InChI is InChI=1S/C15H23NO2/c1-10(2)13-5-4-12(17)8-14(13)16-7-6-15(18)11(3)9-16/h6-7,9-10,12-14,17H,4-5,8H2,1-3H3. The molecule has 1 N–H and O–H groups in total. The quantitative estimate of drug-likeness (QED) is 0.875. The van der Waals surface area contributed by atoms with E-state index in [0.717, 1.165) is 24.8 Å². The number of nitrogens with zero attached hydrogens (tertiary/aromatic N) is 1. The van der Waals surface area contributed by atoms with Gasteiger partial charge in [-0.15, -0.1) is 0 Å². The molecule has 0 bridgehead atoms. The molecule has 0 saturated heterocycles. The van der Waals surface area contributed by atoms with E-state index in [1.54, 1.807) is 6.07 Å². The Morgan fingerprint density at radius 1 is 1.39 bits per heavy atom. The molecule has 1 saturated carbocycles. The molecule has 1 fully saturated rings. The SMILES string of the molecule is Cc1cn(C2CC(O)CCC2C(C)C)ccc1=O. The summed E-state index contributed by atoms with van der Waals surface area (Å²) in [5.41, 5.74) is 0.865. The van der Waals surface area contributed by atoms with Crippen LogP contribution in [-0.4, -0.2) is 15.8 Å². The summed E-state index contributed by atoms with van der Waals surface area (Å²) in [6.07, 6.45) is 6.36. The minimum absolute atomic E-state index is 0.0868. The van der Waals surface area contributed by atoms with E-state index in [2.05, 4.69) is 18.4 Å². The van der Waals surface area contributed by atoms with Crippen LogP contribution in [0.25, 0.3) is 0 Å². The normalized spacial score (nSPS) is 28.6. The summed E-state index contributed by atoms with van der Waals surface area (Å²) in [4.78, 5) is 11.5. The van der Waals surface area contributed by atoms with Gasteiger partial charge in [0.15, 0.2) is 5.43 Å². The zero-order valence-electron chi connectivity index (χ0n) is 11.5. The molecule has 0 radical (unpaired) electrons. The zero-order chi connectivity index (χ0) is 13.3. The Labute approximate surface area is 108 Å². The van der Waals surface area contributed by atoms with Crippen molar-refractivity contribution in [3.8, 4) is 0 Å². The third-order valence-corrected chi connectivity index (χ3v) is 4.21. The molecule has 0 spiro atoms. The Hall–Kier alpha value is -1.09. The van der Waals surface area contributed by atoms with E-state index in [1.165, 1.54) is 0 Å². The molecule has 18 heavy (non-hydrogen) atoms. The highest BCUT2D eigenvalue weighted by Gasteiger charge is 2.32. The first-order valence-electron chi connectivity index (χ1n) is 6.85. The molecule has 1 aliphatic rings. The van der Waals surface area contributed by atoms with Crippen molar-refractivity contribution in [2.45, 2.75) is 52.2 Å². The summed E-state index contributed by atoms with van der Waals surface area (Å²) in [5.74, 6) is 1.18. The molecule has 3 unspecified atom stereocenters. The van der Waals surface area contributed by atoms with Crippen molar-refractivity contribution in [3.63, 3.8) is 0 Å². The van der Waals surface area contributed by atoms with Gasteiger partial charge >= 0.3 is 0 Å². The van der Waals surface area contributed by atoms with Gasteiger partial charge in [-0.1, -0.05) is 13.8 Å². The van der Waals surface area contributed by atoms with Gasteiger partial charge in [0.25, 0.3) is 0 Å². The Kier molecular flexibility index (Phi) is 3.91. The molecule has 0 aromatic carbocycles. The third-order valence-electron chi connectivity index (χ3n) is 4.21. The Morgan fingerprint density at radius 3 is 2.72 bits per heavy atom. The lowest BCUT2D eigenvalue weighted by atomic mass is 9.76. The first-order valence-corrected chi connectivity index (χ1v) is 6.85. The molecule has 3 heteroatoms. The molecule has 0 amide bonds. The maximum Gasteiger partial charge on any atom is 0.184 e. The molecule has 3 atom stereocenters. The van der Waals surface area contributed by atoms with Gasteiger partial charge < -0.3 is 9.67 Å². The van der Waals surface area contributed by atoms with Crippen LogP contribution in [-0.2, 0) is 0 Å². The van der Waals surface area contributed by atoms with Gasteiger partial charge in [0.05, 0.1) is 6.10 Å². The first-order chi connectivity index (χ1) is 8.49. The minimum Gasteiger partial charge on any atom is -0.393 e. The van der Waals surface area contributed by atoms with Crippen LogP contribution in [0.1, 0.15) is 44.7 Å². The number of hydrogen-bond donors (Lipinski definition) is 1. The van der Waals surface area contributed by atoms with Crippen molar-refractivity contribution in [2.24, 2.45) is 11.8 Å². The number of aliphatic hydroxyl groups excluding tert-OH is 1. The molecule has 0 aliphatic heterocycles. The fourth-order valence-electron chi connectivity index (χ4n) is 3.09. The summed E-state index contributed by atoms with van der Waals surface area (Å²) in [6, 6.07) is 1.95. The average molecular weight is 249 g/mol.